The predicted molar refractivity (Wildman–Crippen MR) is 113 cm³/mol. The summed E-state index contributed by atoms with van der Waals surface area (Å²) in [5.41, 5.74) is 3.19. The average molecular weight is 414 g/mol. The summed E-state index contributed by atoms with van der Waals surface area (Å²) in [6.45, 7) is 1.21. The molecule has 2 heterocycles. The predicted octanol–water partition coefficient (Wildman–Crippen LogP) is 3.09. The van der Waals surface area contributed by atoms with Crippen LogP contribution in [0.2, 0.25) is 0 Å². The normalized spacial score (nSPS) is 23.2. The van der Waals surface area contributed by atoms with E-state index in [1.807, 2.05) is 42.5 Å². The van der Waals surface area contributed by atoms with Gasteiger partial charge in [0, 0.05) is 19.2 Å². The van der Waals surface area contributed by atoms with Crippen LogP contribution in [0.15, 0.2) is 54.6 Å². The molecule has 0 N–H and O–H groups in total. The molecule has 2 aromatic rings. The van der Waals surface area contributed by atoms with E-state index in [-0.39, 0.29) is 36.0 Å². The third-order valence-electron chi connectivity index (χ3n) is 5.81. The molecule has 2 saturated heterocycles. The molecule has 2 unspecified atom stereocenters. The van der Waals surface area contributed by atoms with Gasteiger partial charge in [-0.3, -0.25) is 4.79 Å². The molecular weight excluding hydrogens is 386 g/mol. The lowest BCUT2D eigenvalue weighted by atomic mass is 10.0. The van der Waals surface area contributed by atoms with E-state index in [0.29, 0.717) is 13.0 Å². The molecule has 0 radical (unpaired) electrons. The molecule has 0 aromatic heterocycles. The number of sulfone groups is 1. The third-order valence-corrected chi connectivity index (χ3v) is 7.56. The number of hydrogen-bond donors (Lipinski definition) is 0. The van der Waals surface area contributed by atoms with Crippen molar-refractivity contribution in [3.8, 4) is 11.1 Å². The van der Waals surface area contributed by atoms with Gasteiger partial charge in [0.1, 0.15) is 0 Å². The van der Waals surface area contributed by atoms with Crippen molar-refractivity contribution in [3.63, 3.8) is 0 Å². The van der Waals surface area contributed by atoms with E-state index in [9.17, 15) is 13.2 Å². The Morgan fingerprint density at radius 2 is 1.72 bits per heavy atom. The Morgan fingerprint density at radius 3 is 2.34 bits per heavy atom. The lowest BCUT2D eigenvalue weighted by Crippen LogP contribution is -2.45. The zero-order chi connectivity index (χ0) is 20.3. The molecule has 5 nitrogen and oxygen atoms in total. The van der Waals surface area contributed by atoms with Crippen LogP contribution in [0.25, 0.3) is 11.1 Å². The van der Waals surface area contributed by atoms with Gasteiger partial charge in [0.25, 0.3) is 0 Å². The molecule has 2 fully saturated rings. The van der Waals surface area contributed by atoms with Crippen molar-refractivity contribution in [2.24, 2.45) is 0 Å². The number of carbonyl (C=O) groups excluding carboxylic acids is 1. The van der Waals surface area contributed by atoms with Gasteiger partial charge >= 0.3 is 0 Å². The topological polar surface area (TPSA) is 63.7 Å². The van der Waals surface area contributed by atoms with Gasteiger partial charge in [-0.2, -0.15) is 0 Å². The van der Waals surface area contributed by atoms with Gasteiger partial charge in [0.05, 0.1) is 24.0 Å². The van der Waals surface area contributed by atoms with Gasteiger partial charge in [-0.05, 0) is 36.0 Å². The summed E-state index contributed by atoms with van der Waals surface area (Å²) in [6, 6.07) is 17.9. The maximum Gasteiger partial charge on any atom is 0.227 e. The molecular formula is C23H27NO4S. The van der Waals surface area contributed by atoms with Gasteiger partial charge in [-0.25, -0.2) is 8.42 Å². The van der Waals surface area contributed by atoms with Gasteiger partial charge < -0.3 is 9.64 Å². The summed E-state index contributed by atoms with van der Waals surface area (Å²) in [5.74, 6) is 0.215. The van der Waals surface area contributed by atoms with E-state index in [1.54, 1.807) is 4.90 Å². The van der Waals surface area contributed by atoms with E-state index in [4.69, 9.17) is 4.74 Å². The number of benzene rings is 2. The lowest BCUT2D eigenvalue weighted by molar-refractivity contribution is -0.134. The van der Waals surface area contributed by atoms with Crippen LogP contribution in [0.1, 0.15) is 24.8 Å². The van der Waals surface area contributed by atoms with Crippen molar-refractivity contribution in [2.45, 2.75) is 37.8 Å². The smallest absolute Gasteiger partial charge is 0.227 e. The molecule has 6 heteroatoms. The molecule has 1 amide bonds. The van der Waals surface area contributed by atoms with Gasteiger partial charge in [0.2, 0.25) is 5.91 Å². The maximum atomic E-state index is 13.1. The van der Waals surface area contributed by atoms with Crippen LogP contribution in [0, 0.1) is 0 Å². The van der Waals surface area contributed by atoms with Gasteiger partial charge in [-0.15, -0.1) is 0 Å². The average Bonchev–Trinajstić information content (AvgIpc) is 3.36. The minimum Gasteiger partial charge on any atom is -0.376 e. The van der Waals surface area contributed by atoms with Crippen LogP contribution < -0.4 is 0 Å². The van der Waals surface area contributed by atoms with Crippen molar-refractivity contribution < 1.29 is 17.9 Å². The molecule has 2 atom stereocenters. The summed E-state index contributed by atoms with van der Waals surface area (Å²) in [5, 5.41) is 0. The second kappa shape index (κ2) is 8.67. The van der Waals surface area contributed by atoms with Crippen LogP contribution in [0.3, 0.4) is 0 Å². The summed E-state index contributed by atoms with van der Waals surface area (Å²) in [7, 11) is -3.05. The van der Waals surface area contributed by atoms with Crippen molar-refractivity contribution in [2.75, 3.05) is 24.7 Å². The second-order valence-corrected chi connectivity index (χ2v) is 10.2. The van der Waals surface area contributed by atoms with Crippen molar-refractivity contribution >= 4 is 15.7 Å². The minimum absolute atomic E-state index is 0.0164. The highest BCUT2D eigenvalue weighted by Gasteiger charge is 2.36. The van der Waals surface area contributed by atoms with E-state index >= 15 is 0 Å². The largest absolute Gasteiger partial charge is 0.376 e. The maximum absolute atomic E-state index is 13.1. The minimum atomic E-state index is -3.05. The first kappa shape index (κ1) is 20.1. The molecule has 29 heavy (non-hydrogen) atoms. The molecule has 4 rings (SSSR count). The number of nitrogens with zero attached hydrogens (tertiary/aromatic N) is 1. The zero-order valence-electron chi connectivity index (χ0n) is 16.5. The fourth-order valence-corrected chi connectivity index (χ4v) is 5.94. The number of carbonyl (C=O) groups is 1. The Bertz CT molecular complexity index is 935. The highest BCUT2D eigenvalue weighted by Crippen LogP contribution is 2.23. The van der Waals surface area contributed by atoms with Crippen LogP contribution >= 0.6 is 0 Å². The highest BCUT2D eigenvalue weighted by molar-refractivity contribution is 7.91. The summed E-state index contributed by atoms with van der Waals surface area (Å²) in [6.07, 6.45) is 2.74. The summed E-state index contributed by atoms with van der Waals surface area (Å²) >= 11 is 0. The number of hydrogen-bond acceptors (Lipinski definition) is 4. The van der Waals surface area contributed by atoms with Crippen LogP contribution in [-0.2, 0) is 25.8 Å². The summed E-state index contributed by atoms with van der Waals surface area (Å²) < 4.78 is 29.6. The quantitative estimate of drug-likeness (QED) is 0.730. The molecule has 0 bridgehead atoms. The van der Waals surface area contributed by atoms with Crippen LogP contribution in [-0.4, -0.2) is 56.0 Å². The fraction of sp³-hybridized carbons (Fsp3) is 0.435. The first-order valence-corrected chi connectivity index (χ1v) is 12.1. The Labute approximate surface area is 172 Å². The fourth-order valence-electron chi connectivity index (χ4n) is 4.21. The molecule has 0 aliphatic carbocycles. The molecule has 0 spiro atoms. The summed E-state index contributed by atoms with van der Waals surface area (Å²) in [4.78, 5) is 14.9. The Kier molecular flexibility index (Phi) is 6.01. The van der Waals surface area contributed by atoms with Crippen molar-refractivity contribution in [3.05, 3.63) is 60.2 Å². The second-order valence-electron chi connectivity index (χ2n) is 7.98. The number of amides is 1. The number of rotatable bonds is 6. The zero-order valence-corrected chi connectivity index (χ0v) is 17.3. The molecule has 2 aromatic carbocycles. The van der Waals surface area contributed by atoms with E-state index < -0.39 is 9.84 Å². The van der Waals surface area contributed by atoms with Gasteiger partial charge in [-0.1, -0.05) is 54.6 Å². The van der Waals surface area contributed by atoms with E-state index in [0.717, 1.165) is 36.1 Å². The molecule has 0 saturated carbocycles. The first-order valence-electron chi connectivity index (χ1n) is 10.3. The van der Waals surface area contributed by atoms with E-state index in [2.05, 4.69) is 12.1 Å². The first-order chi connectivity index (χ1) is 14.0. The third kappa shape index (κ3) is 5.06. The monoisotopic (exact) mass is 413 g/mol. The van der Waals surface area contributed by atoms with E-state index in [1.165, 1.54) is 0 Å². The number of ether oxygens (including phenoxy) is 1. The Balaban J connectivity index is 1.47. The highest BCUT2D eigenvalue weighted by atomic mass is 32.2. The van der Waals surface area contributed by atoms with Crippen molar-refractivity contribution in [1.29, 1.82) is 0 Å². The molecule has 154 valence electrons. The van der Waals surface area contributed by atoms with Crippen molar-refractivity contribution in [1.82, 2.24) is 4.90 Å². The lowest BCUT2D eigenvalue weighted by Gasteiger charge is -2.30. The Hall–Kier alpha value is -2.18. The SMILES string of the molecule is O=C(Cc1ccc(-c2ccccc2)cc1)N(CC1CCCO1)C1CCS(=O)(=O)C1. The van der Waals surface area contributed by atoms with Crippen LogP contribution in [0.5, 0.6) is 0 Å². The molecule has 2 aliphatic rings. The van der Waals surface area contributed by atoms with Crippen LogP contribution in [0.4, 0.5) is 0 Å². The van der Waals surface area contributed by atoms with Gasteiger partial charge in [0.15, 0.2) is 9.84 Å². The molecule has 2 aliphatic heterocycles. The standard InChI is InChI=1S/C23H27NO4S/c25-23(15-18-8-10-20(11-9-18)19-5-2-1-3-6-19)24(16-22-7-4-13-28-22)21-12-14-29(26,27)17-21/h1-3,5-6,8-11,21-22H,4,7,12-17H2. The Morgan fingerprint density at radius 1 is 1.00 bits per heavy atom.